The predicted molar refractivity (Wildman–Crippen MR) is 81.1 cm³/mol. The number of rotatable bonds is 2. The second-order valence-electron chi connectivity index (χ2n) is 5.29. The Hall–Kier alpha value is -2.36. The number of H-pyrrole nitrogens is 1. The lowest BCUT2D eigenvalue weighted by Gasteiger charge is -2.11. The van der Waals surface area contributed by atoms with Gasteiger partial charge in [0.05, 0.1) is 0 Å². The number of benzene rings is 1. The normalized spacial score (nSPS) is 13.5. The number of nitrogens with one attached hydrogen (secondary N) is 1. The highest BCUT2D eigenvalue weighted by atomic mass is 15.1. The molecule has 1 N–H and O–H groups in total. The van der Waals surface area contributed by atoms with E-state index in [9.17, 15) is 0 Å². The van der Waals surface area contributed by atoms with Crippen LogP contribution in [-0.4, -0.2) is 19.4 Å². The SMILES string of the molecule is CCC(C)c1ccnc2nc3c4ccccc4[nH]c3n12. The predicted octanol–water partition coefficient (Wildman–Crippen LogP) is 3.88. The molecule has 0 spiro atoms. The second-order valence-corrected chi connectivity index (χ2v) is 5.29. The van der Waals surface area contributed by atoms with Crippen molar-refractivity contribution in [1.82, 2.24) is 19.4 Å². The van der Waals surface area contributed by atoms with E-state index in [0.29, 0.717) is 5.92 Å². The van der Waals surface area contributed by atoms with Crippen LogP contribution in [0.4, 0.5) is 0 Å². The van der Waals surface area contributed by atoms with Crippen molar-refractivity contribution < 1.29 is 0 Å². The van der Waals surface area contributed by atoms with Gasteiger partial charge in [0.1, 0.15) is 11.2 Å². The average molecular weight is 264 g/mol. The molecule has 1 aromatic carbocycles. The number of para-hydroxylation sites is 1. The molecule has 0 fully saturated rings. The summed E-state index contributed by atoms with van der Waals surface area (Å²) in [6.07, 6.45) is 2.95. The monoisotopic (exact) mass is 264 g/mol. The molecular weight excluding hydrogens is 248 g/mol. The van der Waals surface area contributed by atoms with Crippen LogP contribution in [0, 0.1) is 0 Å². The van der Waals surface area contributed by atoms with Crippen molar-refractivity contribution in [2.45, 2.75) is 26.2 Å². The Bertz CT molecular complexity index is 916. The molecule has 0 radical (unpaired) electrons. The topological polar surface area (TPSA) is 46.0 Å². The van der Waals surface area contributed by atoms with E-state index in [0.717, 1.165) is 34.3 Å². The number of nitrogens with zero attached hydrogens (tertiary/aromatic N) is 3. The van der Waals surface area contributed by atoms with Gasteiger partial charge in [0.25, 0.3) is 0 Å². The summed E-state index contributed by atoms with van der Waals surface area (Å²) in [7, 11) is 0. The van der Waals surface area contributed by atoms with E-state index in [1.165, 1.54) is 5.69 Å². The van der Waals surface area contributed by atoms with Crippen LogP contribution in [0.15, 0.2) is 36.5 Å². The molecular formula is C16H16N4. The van der Waals surface area contributed by atoms with Crippen molar-refractivity contribution in [2.75, 3.05) is 0 Å². The number of hydrogen-bond donors (Lipinski definition) is 1. The molecule has 20 heavy (non-hydrogen) atoms. The van der Waals surface area contributed by atoms with Crippen molar-refractivity contribution in [3.05, 3.63) is 42.2 Å². The fourth-order valence-corrected chi connectivity index (χ4v) is 2.82. The highest BCUT2D eigenvalue weighted by Crippen LogP contribution is 2.28. The Labute approximate surface area is 116 Å². The first kappa shape index (κ1) is 11.5. The first-order chi connectivity index (χ1) is 9.79. The van der Waals surface area contributed by atoms with E-state index in [1.807, 2.05) is 18.3 Å². The van der Waals surface area contributed by atoms with E-state index in [1.54, 1.807) is 0 Å². The van der Waals surface area contributed by atoms with Gasteiger partial charge in [0.2, 0.25) is 5.78 Å². The van der Waals surface area contributed by atoms with E-state index in [4.69, 9.17) is 4.98 Å². The molecule has 4 aromatic rings. The summed E-state index contributed by atoms with van der Waals surface area (Å²) in [4.78, 5) is 12.6. The molecule has 3 heterocycles. The van der Waals surface area contributed by atoms with Crippen LogP contribution in [0.25, 0.3) is 27.8 Å². The number of hydrogen-bond acceptors (Lipinski definition) is 2. The molecule has 100 valence electrons. The number of fused-ring (bicyclic) bond motifs is 5. The molecule has 0 aliphatic carbocycles. The molecule has 4 rings (SSSR count). The minimum atomic E-state index is 0.476. The number of imidazole rings is 1. The van der Waals surface area contributed by atoms with Crippen molar-refractivity contribution in [3.63, 3.8) is 0 Å². The third-order valence-corrected chi connectivity index (χ3v) is 4.11. The Balaban J connectivity index is 2.18. The summed E-state index contributed by atoms with van der Waals surface area (Å²) < 4.78 is 2.16. The summed E-state index contributed by atoms with van der Waals surface area (Å²) in [5, 5.41) is 1.16. The molecule has 0 aliphatic heterocycles. The Morgan fingerprint density at radius 3 is 2.95 bits per heavy atom. The standard InChI is InChI=1S/C16H16N4/c1-3-10(2)13-8-9-17-16-19-14-11-6-4-5-7-12(11)18-15(14)20(13)16/h4-10,18H,3H2,1-2H3. The van der Waals surface area contributed by atoms with Gasteiger partial charge in [0, 0.05) is 22.8 Å². The lowest BCUT2D eigenvalue weighted by Crippen LogP contribution is -2.02. The van der Waals surface area contributed by atoms with Crippen molar-refractivity contribution in [3.8, 4) is 0 Å². The Kier molecular flexibility index (Phi) is 2.33. The smallest absolute Gasteiger partial charge is 0.236 e. The van der Waals surface area contributed by atoms with Crippen molar-refractivity contribution in [2.24, 2.45) is 0 Å². The largest absolute Gasteiger partial charge is 0.339 e. The van der Waals surface area contributed by atoms with Crippen LogP contribution in [0.2, 0.25) is 0 Å². The summed E-state index contributed by atoms with van der Waals surface area (Å²) in [6.45, 7) is 4.44. The first-order valence-electron chi connectivity index (χ1n) is 7.03. The van der Waals surface area contributed by atoms with Gasteiger partial charge < -0.3 is 4.98 Å². The van der Waals surface area contributed by atoms with Crippen LogP contribution in [0.1, 0.15) is 31.9 Å². The Morgan fingerprint density at radius 1 is 1.25 bits per heavy atom. The summed E-state index contributed by atoms with van der Waals surface area (Å²) in [5.41, 5.74) is 4.43. The summed E-state index contributed by atoms with van der Waals surface area (Å²) in [6, 6.07) is 10.4. The van der Waals surface area contributed by atoms with Gasteiger partial charge in [-0.1, -0.05) is 32.0 Å². The van der Waals surface area contributed by atoms with Crippen molar-refractivity contribution >= 4 is 27.8 Å². The zero-order chi connectivity index (χ0) is 13.7. The van der Waals surface area contributed by atoms with Gasteiger partial charge in [0.15, 0.2) is 0 Å². The van der Waals surface area contributed by atoms with Gasteiger partial charge >= 0.3 is 0 Å². The fraction of sp³-hybridized carbons (Fsp3) is 0.250. The highest BCUT2D eigenvalue weighted by molar-refractivity contribution is 6.05. The van der Waals surface area contributed by atoms with E-state index in [-0.39, 0.29) is 0 Å². The molecule has 4 nitrogen and oxygen atoms in total. The van der Waals surface area contributed by atoms with Crippen LogP contribution in [0.5, 0.6) is 0 Å². The summed E-state index contributed by atoms with van der Waals surface area (Å²) >= 11 is 0. The molecule has 0 amide bonds. The third-order valence-electron chi connectivity index (χ3n) is 4.11. The zero-order valence-electron chi connectivity index (χ0n) is 11.6. The van der Waals surface area contributed by atoms with E-state index >= 15 is 0 Å². The molecule has 1 unspecified atom stereocenters. The van der Waals surface area contributed by atoms with E-state index < -0.39 is 0 Å². The van der Waals surface area contributed by atoms with Crippen LogP contribution in [-0.2, 0) is 0 Å². The molecule has 0 saturated carbocycles. The summed E-state index contributed by atoms with van der Waals surface area (Å²) in [5.74, 6) is 1.25. The quantitative estimate of drug-likeness (QED) is 0.597. The molecule has 0 aliphatic rings. The molecule has 3 aromatic heterocycles. The van der Waals surface area contributed by atoms with Crippen molar-refractivity contribution in [1.29, 1.82) is 0 Å². The fourth-order valence-electron chi connectivity index (χ4n) is 2.82. The van der Waals surface area contributed by atoms with Crippen LogP contribution < -0.4 is 0 Å². The Morgan fingerprint density at radius 2 is 2.10 bits per heavy atom. The van der Waals surface area contributed by atoms with Gasteiger partial charge in [-0.15, -0.1) is 0 Å². The number of aromatic nitrogens is 4. The van der Waals surface area contributed by atoms with Gasteiger partial charge in [-0.05, 0) is 24.5 Å². The van der Waals surface area contributed by atoms with Crippen LogP contribution >= 0.6 is 0 Å². The maximum absolute atomic E-state index is 4.70. The van der Waals surface area contributed by atoms with Crippen LogP contribution in [0.3, 0.4) is 0 Å². The van der Waals surface area contributed by atoms with Gasteiger partial charge in [-0.25, -0.2) is 9.97 Å². The van der Waals surface area contributed by atoms with E-state index in [2.05, 4.69) is 46.4 Å². The maximum Gasteiger partial charge on any atom is 0.236 e. The van der Waals surface area contributed by atoms with Gasteiger partial charge in [-0.3, -0.25) is 4.40 Å². The lowest BCUT2D eigenvalue weighted by molar-refractivity contribution is 0.696. The third kappa shape index (κ3) is 1.42. The highest BCUT2D eigenvalue weighted by Gasteiger charge is 2.16. The minimum Gasteiger partial charge on any atom is -0.339 e. The second kappa shape index (κ2) is 4.07. The van der Waals surface area contributed by atoms with Gasteiger partial charge in [-0.2, -0.15) is 0 Å². The maximum atomic E-state index is 4.70. The lowest BCUT2D eigenvalue weighted by atomic mass is 10.1. The zero-order valence-corrected chi connectivity index (χ0v) is 11.6. The number of aromatic amines is 1. The molecule has 0 bridgehead atoms. The molecule has 0 saturated heterocycles. The average Bonchev–Trinajstić information content (AvgIpc) is 3.02. The first-order valence-corrected chi connectivity index (χ1v) is 7.03. The minimum absolute atomic E-state index is 0.476. The molecule has 1 atom stereocenters. The molecule has 4 heteroatoms.